The lowest BCUT2D eigenvalue weighted by atomic mass is 9.75. The number of ether oxygens (including phenoxy) is 1. The first kappa shape index (κ1) is 17.5. The van der Waals surface area contributed by atoms with Crippen LogP contribution in [0.15, 0.2) is 24.3 Å². The molecule has 0 atom stereocenters. The lowest BCUT2D eigenvalue weighted by molar-refractivity contribution is -0.216. The monoisotopic (exact) mass is 335 g/mol. The van der Waals surface area contributed by atoms with Crippen LogP contribution in [0, 0.1) is 0 Å². The molecule has 1 saturated carbocycles. The summed E-state index contributed by atoms with van der Waals surface area (Å²) < 4.78 is 56.7. The summed E-state index contributed by atoms with van der Waals surface area (Å²) in [5.74, 6) is -5.27. The van der Waals surface area contributed by atoms with Gasteiger partial charge in [0.25, 0.3) is 12.3 Å². The Kier molecular flexibility index (Phi) is 5.13. The Morgan fingerprint density at radius 2 is 2.09 bits per heavy atom. The quantitative estimate of drug-likeness (QED) is 0.753. The number of amides is 1. The van der Waals surface area contributed by atoms with Gasteiger partial charge in [0.1, 0.15) is 18.0 Å². The van der Waals surface area contributed by atoms with E-state index in [0.29, 0.717) is 12.0 Å². The van der Waals surface area contributed by atoms with Crippen LogP contribution in [0.1, 0.15) is 24.8 Å². The van der Waals surface area contributed by atoms with Crippen LogP contribution in [0.4, 0.5) is 17.6 Å². The van der Waals surface area contributed by atoms with Crippen molar-refractivity contribution < 1.29 is 32.2 Å². The predicted molar refractivity (Wildman–Crippen MR) is 73.5 cm³/mol. The lowest BCUT2D eigenvalue weighted by Gasteiger charge is -2.41. The Bertz CT molecular complexity index is 561. The summed E-state index contributed by atoms with van der Waals surface area (Å²) in [5.41, 5.74) is -1.86. The fourth-order valence-electron chi connectivity index (χ4n) is 2.23. The van der Waals surface area contributed by atoms with Crippen LogP contribution < -0.4 is 10.1 Å². The van der Waals surface area contributed by atoms with Gasteiger partial charge in [-0.3, -0.25) is 4.79 Å². The molecular formula is C15H17F4NO3. The van der Waals surface area contributed by atoms with E-state index in [-0.39, 0.29) is 25.1 Å². The number of aliphatic hydroxyl groups is 1. The summed E-state index contributed by atoms with van der Waals surface area (Å²) in [5, 5.41) is 11.7. The number of carbonyl (C=O) groups excluding carboxylic acids is 1. The first-order valence-electron chi connectivity index (χ1n) is 7.13. The Labute approximate surface area is 130 Å². The normalized spacial score (nSPS) is 16.8. The minimum absolute atomic E-state index is 0.121. The van der Waals surface area contributed by atoms with Crippen molar-refractivity contribution in [3.8, 4) is 5.75 Å². The summed E-state index contributed by atoms with van der Waals surface area (Å²) in [4.78, 5) is 11.6. The lowest BCUT2D eigenvalue weighted by Crippen LogP contribution is -2.60. The molecule has 1 aromatic rings. The number of hydrogen-bond acceptors (Lipinski definition) is 3. The Hall–Kier alpha value is -1.83. The van der Waals surface area contributed by atoms with Gasteiger partial charge in [0, 0.05) is 6.54 Å². The van der Waals surface area contributed by atoms with E-state index in [1.54, 1.807) is 0 Å². The Morgan fingerprint density at radius 1 is 1.39 bits per heavy atom. The van der Waals surface area contributed by atoms with Crippen LogP contribution in [0.5, 0.6) is 5.75 Å². The molecule has 0 saturated heterocycles. The van der Waals surface area contributed by atoms with Gasteiger partial charge in [-0.25, -0.2) is 8.78 Å². The van der Waals surface area contributed by atoms with E-state index in [2.05, 4.69) is 5.32 Å². The second-order valence-corrected chi connectivity index (χ2v) is 5.49. The second-order valence-electron chi connectivity index (χ2n) is 5.49. The third-order valence-electron chi connectivity index (χ3n) is 3.78. The van der Waals surface area contributed by atoms with Gasteiger partial charge in [-0.15, -0.1) is 0 Å². The summed E-state index contributed by atoms with van der Waals surface area (Å²) in [6, 6.07) is 5.85. The van der Waals surface area contributed by atoms with Gasteiger partial charge in [0.2, 0.25) is 0 Å². The molecule has 4 nitrogen and oxygen atoms in total. The van der Waals surface area contributed by atoms with Gasteiger partial charge in [-0.05, 0) is 37.0 Å². The van der Waals surface area contributed by atoms with Crippen molar-refractivity contribution >= 4 is 5.91 Å². The molecule has 1 fully saturated rings. The first-order chi connectivity index (χ1) is 10.7. The van der Waals surface area contributed by atoms with Crippen molar-refractivity contribution in [1.82, 2.24) is 5.32 Å². The molecule has 0 bridgehead atoms. The molecule has 2 rings (SSSR count). The van der Waals surface area contributed by atoms with E-state index < -0.39 is 30.5 Å². The van der Waals surface area contributed by atoms with Crippen molar-refractivity contribution in [1.29, 1.82) is 0 Å². The molecule has 0 spiro atoms. The number of benzene rings is 1. The zero-order chi connectivity index (χ0) is 17.1. The van der Waals surface area contributed by atoms with Crippen molar-refractivity contribution in [2.24, 2.45) is 0 Å². The number of rotatable bonds is 7. The molecule has 1 aliphatic carbocycles. The highest BCUT2D eigenvalue weighted by atomic mass is 19.3. The van der Waals surface area contributed by atoms with Crippen molar-refractivity contribution in [2.45, 2.75) is 43.8 Å². The average molecular weight is 335 g/mol. The summed E-state index contributed by atoms with van der Waals surface area (Å²) in [6.07, 6.45) is -2.42. The topological polar surface area (TPSA) is 58.6 Å². The third-order valence-corrected chi connectivity index (χ3v) is 3.78. The SMILES string of the molecule is O=C(NCc1cccc(OCC(F)F)c1)C(F)(F)C1(O)CCC1. The maximum atomic E-state index is 13.9. The zero-order valence-corrected chi connectivity index (χ0v) is 12.2. The molecule has 0 aromatic heterocycles. The molecule has 0 heterocycles. The van der Waals surface area contributed by atoms with E-state index >= 15 is 0 Å². The molecule has 23 heavy (non-hydrogen) atoms. The van der Waals surface area contributed by atoms with Gasteiger partial charge in [0.15, 0.2) is 0 Å². The number of hydrogen-bond donors (Lipinski definition) is 2. The molecule has 0 aliphatic heterocycles. The van der Waals surface area contributed by atoms with E-state index in [9.17, 15) is 27.5 Å². The predicted octanol–water partition coefficient (Wildman–Crippen LogP) is 2.50. The minimum Gasteiger partial charge on any atom is -0.488 e. The molecule has 1 aliphatic rings. The second kappa shape index (κ2) is 6.74. The minimum atomic E-state index is -3.87. The highest BCUT2D eigenvalue weighted by Gasteiger charge is 2.61. The Balaban J connectivity index is 1.92. The van der Waals surface area contributed by atoms with E-state index in [0.717, 1.165) is 0 Å². The van der Waals surface area contributed by atoms with E-state index in [1.807, 2.05) is 0 Å². The molecule has 128 valence electrons. The summed E-state index contributed by atoms with van der Waals surface area (Å²) in [7, 11) is 0. The van der Waals surface area contributed by atoms with Gasteiger partial charge in [-0.1, -0.05) is 12.1 Å². The molecule has 0 radical (unpaired) electrons. The largest absolute Gasteiger partial charge is 0.488 e. The molecule has 0 unspecified atom stereocenters. The summed E-state index contributed by atoms with van der Waals surface area (Å²) >= 11 is 0. The van der Waals surface area contributed by atoms with Crippen LogP contribution in [0.3, 0.4) is 0 Å². The average Bonchev–Trinajstić information content (AvgIpc) is 2.48. The molecular weight excluding hydrogens is 318 g/mol. The van der Waals surface area contributed by atoms with Gasteiger partial charge >= 0.3 is 5.92 Å². The van der Waals surface area contributed by atoms with Crippen molar-refractivity contribution in [3.05, 3.63) is 29.8 Å². The zero-order valence-electron chi connectivity index (χ0n) is 12.2. The van der Waals surface area contributed by atoms with Gasteiger partial charge in [0.05, 0.1) is 0 Å². The highest BCUT2D eigenvalue weighted by molar-refractivity contribution is 5.85. The number of carbonyl (C=O) groups is 1. The smallest absolute Gasteiger partial charge is 0.352 e. The van der Waals surface area contributed by atoms with Crippen LogP contribution in [0.25, 0.3) is 0 Å². The standard InChI is InChI=1S/C15H17F4NO3/c16-12(17)9-23-11-4-1-3-10(7-11)8-20-13(21)15(18,19)14(22)5-2-6-14/h1,3-4,7,12,22H,2,5-6,8-9H2,(H,20,21). The molecule has 2 N–H and O–H groups in total. The van der Waals surface area contributed by atoms with Crippen LogP contribution in [0.2, 0.25) is 0 Å². The van der Waals surface area contributed by atoms with Crippen molar-refractivity contribution in [3.63, 3.8) is 0 Å². The van der Waals surface area contributed by atoms with E-state index in [4.69, 9.17) is 4.74 Å². The molecule has 1 amide bonds. The first-order valence-corrected chi connectivity index (χ1v) is 7.13. The van der Waals surface area contributed by atoms with Crippen LogP contribution in [-0.4, -0.2) is 35.6 Å². The molecule has 8 heteroatoms. The van der Waals surface area contributed by atoms with Crippen LogP contribution in [-0.2, 0) is 11.3 Å². The third kappa shape index (κ3) is 3.93. The number of nitrogens with one attached hydrogen (secondary N) is 1. The van der Waals surface area contributed by atoms with Crippen molar-refractivity contribution in [2.75, 3.05) is 6.61 Å². The fourth-order valence-corrected chi connectivity index (χ4v) is 2.23. The number of halogens is 4. The molecule has 1 aromatic carbocycles. The van der Waals surface area contributed by atoms with E-state index in [1.165, 1.54) is 24.3 Å². The maximum absolute atomic E-state index is 13.9. The fraction of sp³-hybridized carbons (Fsp3) is 0.533. The Morgan fingerprint density at radius 3 is 2.65 bits per heavy atom. The van der Waals surface area contributed by atoms with Gasteiger partial charge < -0.3 is 15.2 Å². The number of alkyl halides is 4. The summed E-state index contributed by atoms with van der Waals surface area (Å²) in [6.45, 7) is -1.00. The maximum Gasteiger partial charge on any atom is 0.352 e. The van der Waals surface area contributed by atoms with Crippen LogP contribution >= 0.6 is 0 Å². The highest BCUT2D eigenvalue weighted by Crippen LogP contribution is 2.44. The van der Waals surface area contributed by atoms with Gasteiger partial charge in [-0.2, -0.15) is 8.78 Å².